The summed E-state index contributed by atoms with van der Waals surface area (Å²) >= 11 is 0. The summed E-state index contributed by atoms with van der Waals surface area (Å²) in [6.45, 7) is 3.11. The first kappa shape index (κ1) is 22.6. The Hall–Kier alpha value is -4.60. The van der Waals surface area contributed by atoms with Crippen molar-refractivity contribution in [2.75, 3.05) is 0 Å². The SMILES string of the molecule is Cc1cccc2nc(COC(=O)/C=C/C(=O)OCc3cc(=O)n4c(C)cccc4n3)cc(=O)n12. The third-order valence-corrected chi connectivity index (χ3v) is 4.95. The van der Waals surface area contributed by atoms with E-state index in [4.69, 9.17) is 9.47 Å². The molecule has 4 heterocycles. The summed E-state index contributed by atoms with van der Waals surface area (Å²) in [5.41, 5.74) is 2.34. The lowest BCUT2D eigenvalue weighted by Gasteiger charge is -2.07. The smallest absolute Gasteiger partial charge is 0.331 e. The Kier molecular flexibility index (Phi) is 6.30. The van der Waals surface area contributed by atoms with E-state index in [-0.39, 0.29) is 35.7 Å². The second-order valence-electron chi connectivity index (χ2n) is 7.44. The Morgan fingerprint density at radius 2 is 1.18 bits per heavy atom. The Morgan fingerprint density at radius 3 is 1.59 bits per heavy atom. The maximum atomic E-state index is 12.3. The summed E-state index contributed by atoms with van der Waals surface area (Å²) in [5, 5.41) is 0. The Morgan fingerprint density at radius 1 is 0.765 bits per heavy atom. The molecule has 10 nitrogen and oxygen atoms in total. The van der Waals surface area contributed by atoms with Gasteiger partial charge in [-0.2, -0.15) is 0 Å². The second kappa shape index (κ2) is 9.49. The molecule has 4 aromatic heterocycles. The van der Waals surface area contributed by atoms with Gasteiger partial charge in [0.25, 0.3) is 11.1 Å². The van der Waals surface area contributed by atoms with Gasteiger partial charge in [-0.05, 0) is 38.1 Å². The van der Waals surface area contributed by atoms with Crippen molar-refractivity contribution in [3.05, 3.63) is 104 Å². The number of ether oxygens (including phenoxy) is 2. The van der Waals surface area contributed by atoms with Gasteiger partial charge in [0, 0.05) is 35.7 Å². The number of carbonyl (C=O) groups excluding carboxylic acids is 2. The molecule has 0 bridgehead atoms. The third kappa shape index (κ3) is 4.90. The highest BCUT2D eigenvalue weighted by Gasteiger charge is 2.09. The summed E-state index contributed by atoms with van der Waals surface area (Å²) in [6, 6.07) is 13.0. The molecule has 34 heavy (non-hydrogen) atoms. The van der Waals surface area contributed by atoms with E-state index in [1.165, 1.54) is 20.9 Å². The minimum absolute atomic E-state index is 0.234. The van der Waals surface area contributed by atoms with Crippen molar-refractivity contribution in [1.82, 2.24) is 18.8 Å². The third-order valence-electron chi connectivity index (χ3n) is 4.95. The standard InChI is InChI=1S/C24H20N4O6/c1-15-5-3-7-19-25-17(11-21(29)27(15)19)13-33-23(31)9-10-24(32)34-14-18-12-22(30)28-16(2)6-4-8-20(28)26-18/h3-12H,13-14H2,1-2H3/b10-9+. The van der Waals surface area contributed by atoms with Crippen molar-refractivity contribution in [2.24, 2.45) is 0 Å². The minimum Gasteiger partial charge on any atom is -0.456 e. The number of aryl methyl sites for hydroxylation is 2. The van der Waals surface area contributed by atoms with Crippen molar-refractivity contribution in [3.8, 4) is 0 Å². The van der Waals surface area contributed by atoms with Crippen LogP contribution in [0.15, 0.2) is 70.3 Å². The number of aromatic nitrogens is 4. The molecule has 0 saturated carbocycles. The summed E-state index contributed by atoms with van der Waals surface area (Å²) in [5.74, 6) is -1.61. The topological polar surface area (TPSA) is 121 Å². The highest BCUT2D eigenvalue weighted by atomic mass is 16.5. The lowest BCUT2D eigenvalue weighted by atomic mass is 10.3. The molecular formula is C24H20N4O6. The predicted octanol–water partition coefficient (Wildman–Crippen LogP) is 1.66. The van der Waals surface area contributed by atoms with E-state index in [9.17, 15) is 19.2 Å². The van der Waals surface area contributed by atoms with Crippen LogP contribution in [0.1, 0.15) is 22.8 Å². The Labute approximate surface area is 192 Å². The van der Waals surface area contributed by atoms with E-state index in [1.54, 1.807) is 50.2 Å². The van der Waals surface area contributed by atoms with Crippen molar-refractivity contribution >= 4 is 23.2 Å². The minimum atomic E-state index is -0.805. The number of nitrogens with zero attached hydrogens (tertiary/aromatic N) is 4. The van der Waals surface area contributed by atoms with Crippen molar-refractivity contribution in [2.45, 2.75) is 27.1 Å². The van der Waals surface area contributed by atoms with Crippen LogP contribution in [-0.2, 0) is 32.3 Å². The fraction of sp³-hybridized carbons (Fsp3) is 0.167. The van der Waals surface area contributed by atoms with Gasteiger partial charge in [-0.15, -0.1) is 0 Å². The van der Waals surface area contributed by atoms with Crippen LogP contribution in [0.5, 0.6) is 0 Å². The molecule has 4 aromatic rings. The molecule has 4 rings (SSSR count). The second-order valence-corrected chi connectivity index (χ2v) is 7.44. The van der Waals surface area contributed by atoms with E-state index in [1.807, 2.05) is 0 Å². The van der Waals surface area contributed by atoms with E-state index in [2.05, 4.69) is 9.97 Å². The molecule has 0 fully saturated rings. The maximum absolute atomic E-state index is 12.3. The number of hydrogen-bond donors (Lipinski definition) is 0. The van der Waals surface area contributed by atoms with Gasteiger partial charge < -0.3 is 9.47 Å². The normalized spacial score (nSPS) is 11.2. The predicted molar refractivity (Wildman–Crippen MR) is 121 cm³/mol. The molecule has 0 aliphatic heterocycles. The summed E-state index contributed by atoms with van der Waals surface area (Å²) in [6.07, 6.45) is 1.82. The lowest BCUT2D eigenvalue weighted by Crippen LogP contribution is -2.18. The molecule has 0 atom stereocenters. The summed E-state index contributed by atoms with van der Waals surface area (Å²) in [4.78, 5) is 57.0. The largest absolute Gasteiger partial charge is 0.456 e. The van der Waals surface area contributed by atoms with Gasteiger partial charge in [0.1, 0.15) is 24.5 Å². The van der Waals surface area contributed by atoms with E-state index < -0.39 is 11.9 Å². The van der Waals surface area contributed by atoms with Crippen LogP contribution in [0.4, 0.5) is 0 Å². The first-order valence-electron chi connectivity index (χ1n) is 10.3. The van der Waals surface area contributed by atoms with E-state index in [0.29, 0.717) is 11.3 Å². The molecule has 0 spiro atoms. The molecule has 0 aliphatic rings. The van der Waals surface area contributed by atoms with Crippen molar-refractivity contribution < 1.29 is 19.1 Å². The van der Waals surface area contributed by atoms with Crippen LogP contribution in [0, 0.1) is 13.8 Å². The molecule has 172 valence electrons. The Bertz CT molecular complexity index is 1450. The number of carbonyl (C=O) groups is 2. The van der Waals surface area contributed by atoms with Gasteiger partial charge in [-0.1, -0.05) is 12.1 Å². The fourth-order valence-electron chi connectivity index (χ4n) is 3.40. The fourth-order valence-corrected chi connectivity index (χ4v) is 3.40. The molecule has 0 radical (unpaired) electrons. The number of pyridine rings is 2. The van der Waals surface area contributed by atoms with Crippen LogP contribution in [0.2, 0.25) is 0 Å². The average molecular weight is 460 g/mol. The number of fused-ring (bicyclic) bond motifs is 2. The molecule has 0 saturated heterocycles. The van der Waals surface area contributed by atoms with Gasteiger partial charge in [-0.3, -0.25) is 18.4 Å². The highest BCUT2D eigenvalue weighted by molar-refractivity contribution is 5.91. The van der Waals surface area contributed by atoms with E-state index >= 15 is 0 Å². The highest BCUT2D eigenvalue weighted by Crippen LogP contribution is 2.06. The number of esters is 2. The van der Waals surface area contributed by atoms with Crippen molar-refractivity contribution in [3.63, 3.8) is 0 Å². The van der Waals surface area contributed by atoms with Crippen LogP contribution >= 0.6 is 0 Å². The zero-order chi connectivity index (χ0) is 24.2. The molecule has 0 amide bonds. The molecule has 0 aliphatic carbocycles. The van der Waals surface area contributed by atoms with Crippen LogP contribution in [0.3, 0.4) is 0 Å². The molecule has 0 aromatic carbocycles. The zero-order valence-electron chi connectivity index (χ0n) is 18.4. The monoisotopic (exact) mass is 460 g/mol. The van der Waals surface area contributed by atoms with Crippen LogP contribution < -0.4 is 11.1 Å². The first-order valence-corrected chi connectivity index (χ1v) is 10.3. The van der Waals surface area contributed by atoms with Crippen LogP contribution in [-0.4, -0.2) is 30.7 Å². The van der Waals surface area contributed by atoms with Crippen LogP contribution in [0.25, 0.3) is 11.3 Å². The molecule has 0 N–H and O–H groups in total. The van der Waals surface area contributed by atoms with Gasteiger partial charge in [0.05, 0.1) is 11.4 Å². The lowest BCUT2D eigenvalue weighted by molar-refractivity contribution is -0.141. The van der Waals surface area contributed by atoms with Gasteiger partial charge in [0.2, 0.25) is 0 Å². The maximum Gasteiger partial charge on any atom is 0.331 e. The van der Waals surface area contributed by atoms with Crippen molar-refractivity contribution in [1.29, 1.82) is 0 Å². The van der Waals surface area contributed by atoms with Gasteiger partial charge in [-0.25, -0.2) is 19.6 Å². The number of hydrogen-bond acceptors (Lipinski definition) is 8. The number of rotatable bonds is 6. The van der Waals surface area contributed by atoms with Gasteiger partial charge >= 0.3 is 11.9 Å². The zero-order valence-corrected chi connectivity index (χ0v) is 18.4. The van der Waals surface area contributed by atoms with E-state index in [0.717, 1.165) is 23.5 Å². The van der Waals surface area contributed by atoms with Gasteiger partial charge in [0.15, 0.2) is 0 Å². The Balaban J connectivity index is 1.33. The quantitative estimate of drug-likeness (QED) is 0.315. The summed E-state index contributed by atoms with van der Waals surface area (Å²) in [7, 11) is 0. The summed E-state index contributed by atoms with van der Waals surface area (Å²) < 4.78 is 13.0. The molecule has 10 heteroatoms. The molecular weight excluding hydrogens is 440 g/mol. The first-order chi connectivity index (χ1) is 16.3. The average Bonchev–Trinajstić information content (AvgIpc) is 2.79. The molecule has 0 unspecified atom stereocenters.